The fourth-order valence-corrected chi connectivity index (χ4v) is 3.41. The van der Waals surface area contributed by atoms with Gasteiger partial charge < -0.3 is 15.4 Å². The molecule has 1 aliphatic rings. The zero-order valence-corrected chi connectivity index (χ0v) is 15.7. The van der Waals surface area contributed by atoms with Gasteiger partial charge in [0.05, 0.1) is 18.7 Å². The van der Waals surface area contributed by atoms with E-state index in [0.29, 0.717) is 18.7 Å². The molecule has 1 aliphatic carbocycles. The summed E-state index contributed by atoms with van der Waals surface area (Å²) < 4.78 is 4.96. The van der Waals surface area contributed by atoms with Gasteiger partial charge in [0.15, 0.2) is 0 Å². The van der Waals surface area contributed by atoms with E-state index in [1.807, 2.05) is 6.07 Å². The Hall–Kier alpha value is -2.82. The Kier molecular flexibility index (Phi) is 6.12. The number of amides is 1. The third-order valence-corrected chi connectivity index (χ3v) is 5.17. The number of nitrogens with one attached hydrogen (secondary N) is 2. The molecule has 1 amide bonds. The third kappa shape index (κ3) is 4.67. The summed E-state index contributed by atoms with van der Waals surface area (Å²) in [5, 5.41) is 6.16. The molecule has 2 aromatic carbocycles. The minimum absolute atomic E-state index is 0.0355. The van der Waals surface area contributed by atoms with Crippen molar-refractivity contribution in [3.63, 3.8) is 0 Å². The molecule has 5 heteroatoms. The second-order valence-corrected chi connectivity index (χ2v) is 6.93. The van der Waals surface area contributed by atoms with Gasteiger partial charge >= 0.3 is 5.97 Å². The van der Waals surface area contributed by atoms with Crippen LogP contribution in [0.5, 0.6) is 0 Å². The number of ether oxygens (including phenoxy) is 1. The summed E-state index contributed by atoms with van der Waals surface area (Å²) in [6.07, 6.45) is 3.43. The SMILES string of the molecule is CCOC(=O)c1ccc(NCC(=O)NCC2(c3ccccc3)CCC2)cc1. The van der Waals surface area contributed by atoms with E-state index in [4.69, 9.17) is 4.74 Å². The summed E-state index contributed by atoms with van der Waals surface area (Å²) in [7, 11) is 0. The lowest BCUT2D eigenvalue weighted by molar-refractivity contribution is -0.119. The molecule has 0 atom stereocenters. The van der Waals surface area contributed by atoms with E-state index in [2.05, 4.69) is 34.9 Å². The van der Waals surface area contributed by atoms with E-state index in [1.165, 1.54) is 12.0 Å². The monoisotopic (exact) mass is 366 g/mol. The summed E-state index contributed by atoms with van der Waals surface area (Å²) in [5.74, 6) is -0.375. The van der Waals surface area contributed by atoms with Crippen molar-refractivity contribution in [3.05, 3.63) is 65.7 Å². The van der Waals surface area contributed by atoms with Crippen LogP contribution in [0.15, 0.2) is 54.6 Å². The van der Waals surface area contributed by atoms with Crippen LogP contribution in [-0.4, -0.2) is 31.6 Å². The molecule has 27 heavy (non-hydrogen) atoms. The van der Waals surface area contributed by atoms with Gasteiger partial charge in [-0.05, 0) is 49.6 Å². The fourth-order valence-electron chi connectivity index (χ4n) is 3.41. The maximum absolute atomic E-state index is 12.2. The first-order chi connectivity index (χ1) is 13.1. The lowest BCUT2D eigenvalue weighted by Crippen LogP contribution is -2.46. The largest absolute Gasteiger partial charge is 0.462 e. The Labute approximate surface area is 160 Å². The van der Waals surface area contributed by atoms with Gasteiger partial charge in [0.25, 0.3) is 0 Å². The van der Waals surface area contributed by atoms with Crippen LogP contribution < -0.4 is 10.6 Å². The topological polar surface area (TPSA) is 67.4 Å². The number of carbonyl (C=O) groups excluding carboxylic acids is 2. The molecule has 2 aromatic rings. The summed E-state index contributed by atoms with van der Waals surface area (Å²) >= 11 is 0. The summed E-state index contributed by atoms with van der Waals surface area (Å²) in [6.45, 7) is 2.99. The predicted molar refractivity (Wildman–Crippen MR) is 106 cm³/mol. The van der Waals surface area contributed by atoms with Crippen LogP contribution in [0.4, 0.5) is 5.69 Å². The minimum Gasteiger partial charge on any atom is -0.462 e. The van der Waals surface area contributed by atoms with Crippen LogP contribution in [-0.2, 0) is 14.9 Å². The fraction of sp³-hybridized carbons (Fsp3) is 0.364. The second-order valence-electron chi connectivity index (χ2n) is 6.93. The normalized spacial score (nSPS) is 14.7. The summed E-state index contributed by atoms with van der Waals surface area (Å²) in [5.41, 5.74) is 2.68. The predicted octanol–water partition coefficient (Wildman–Crippen LogP) is 3.51. The number of rotatable bonds is 8. The number of benzene rings is 2. The molecule has 0 aliphatic heterocycles. The summed E-state index contributed by atoms with van der Waals surface area (Å²) in [6, 6.07) is 17.4. The first-order valence-corrected chi connectivity index (χ1v) is 9.46. The molecule has 0 saturated heterocycles. The van der Waals surface area contributed by atoms with E-state index in [0.717, 1.165) is 18.5 Å². The van der Waals surface area contributed by atoms with Gasteiger partial charge in [-0.3, -0.25) is 4.79 Å². The first kappa shape index (κ1) is 19.0. The van der Waals surface area contributed by atoms with Crippen LogP contribution in [0, 0.1) is 0 Å². The highest BCUT2D eigenvalue weighted by Crippen LogP contribution is 2.43. The first-order valence-electron chi connectivity index (χ1n) is 9.46. The number of carbonyl (C=O) groups is 2. The van der Waals surface area contributed by atoms with Gasteiger partial charge in [0.2, 0.25) is 5.91 Å². The van der Waals surface area contributed by atoms with Gasteiger partial charge in [0, 0.05) is 17.6 Å². The van der Waals surface area contributed by atoms with Crippen LogP contribution in [0.3, 0.4) is 0 Å². The molecule has 0 bridgehead atoms. The van der Waals surface area contributed by atoms with E-state index < -0.39 is 0 Å². The van der Waals surface area contributed by atoms with E-state index in [9.17, 15) is 9.59 Å². The Morgan fingerprint density at radius 3 is 2.33 bits per heavy atom. The molecule has 2 N–H and O–H groups in total. The van der Waals surface area contributed by atoms with Crippen molar-refractivity contribution in [2.45, 2.75) is 31.6 Å². The molecule has 0 aromatic heterocycles. The molecular weight excluding hydrogens is 340 g/mol. The Balaban J connectivity index is 1.48. The average Bonchev–Trinajstić information content (AvgIpc) is 2.67. The molecule has 0 radical (unpaired) electrons. The maximum atomic E-state index is 12.2. The molecule has 3 rings (SSSR count). The van der Waals surface area contributed by atoms with Gasteiger partial charge in [-0.1, -0.05) is 36.8 Å². The van der Waals surface area contributed by atoms with Crippen LogP contribution >= 0.6 is 0 Å². The highest BCUT2D eigenvalue weighted by molar-refractivity contribution is 5.90. The molecule has 1 saturated carbocycles. The van der Waals surface area contributed by atoms with Crippen molar-refractivity contribution in [2.24, 2.45) is 0 Å². The second kappa shape index (κ2) is 8.71. The highest BCUT2D eigenvalue weighted by Gasteiger charge is 2.38. The number of anilines is 1. The number of hydrogen-bond acceptors (Lipinski definition) is 4. The molecule has 0 spiro atoms. The summed E-state index contributed by atoms with van der Waals surface area (Å²) in [4.78, 5) is 23.9. The van der Waals surface area contributed by atoms with Crippen molar-refractivity contribution in [3.8, 4) is 0 Å². The number of esters is 1. The maximum Gasteiger partial charge on any atom is 0.338 e. The molecule has 142 valence electrons. The van der Waals surface area contributed by atoms with Crippen LogP contribution in [0.2, 0.25) is 0 Å². The van der Waals surface area contributed by atoms with Gasteiger partial charge in [-0.2, -0.15) is 0 Å². The highest BCUT2D eigenvalue weighted by atomic mass is 16.5. The lowest BCUT2D eigenvalue weighted by atomic mass is 9.64. The minimum atomic E-state index is -0.339. The lowest BCUT2D eigenvalue weighted by Gasteiger charge is -2.42. The zero-order chi connectivity index (χ0) is 19.1. The van der Waals surface area contributed by atoms with E-state index in [-0.39, 0.29) is 23.8 Å². The van der Waals surface area contributed by atoms with Crippen LogP contribution in [0.1, 0.15) is 42.1 Å². The van der Waals surface area contributed by atoms with Crippen molar-refractivity contribution >= 4 is 17.6 Å². The van der Waals surface area contributed by atoms with Crippen molar-refractivity contribution in [1.29, 1.82) is 0 Å². The third-order valence-electron chi connectivity index (χ3n) is 5.17. The smallest absolute Gasteiger partial charge is 0.338 e. The van der Waals surface area contributed by atoms with Gasteiger partial charge in [-0.15, -0.1) is 0 Å². The zero-order valence-electron chi connectivity index (χ0n) is 15.7. The Bertz CT molecular complexity index is 768. The molecule has 0 unspecified atom stereocenters. The van der Waals surface area contributed by atoms with Gasteiger partial charge in [-0.25, -0.2) is 4.79 Å². The van der Waals surface area contributed by atoms with Crippen molar-refractivity contribution < 1.29 is 14.3 Å². The standard InChI is InChI=1S/C22H26N2O3/c1-2-27-21(26)17-9-11-19(12-10-17)23-15-20(25)24-16-22(13-6-14-22)18-7-4-3-5-8-18/h3-5,7-12,23H,2,6,13-16H2,1H3,(H,24,25). The molecule has 0 heterocycles. The average molecular weight is 366 g/mol. The molecular formula is C22H26N2O3. The van der Waals surface area contributed by atoms with Crippen molar-refractivity contribution in [2.75, 3.05) is 25.0 Å². The number of hydrogen-bond donors (Lipinski definition) is 2. The van der Waals surface area contributed by atoms with Gasteiger partial charge in [0.1, 0.15) is 0 Å². The van der Waals surface area contributed by atoms with E-state index in [1.54, 1.807) is 31.2 Å². The van der Waals surface area contributed by atoms with E-state index >= 15 is 0 Å². The molecule has 5 nitrogen and oxygen atoms in total. The molecule has 1 fully saturated rings. The van der Waals surface area contributed by atoms with Crippen molar-refractivity contribution in [1.82, 2.24) is 5.32 Å². The quantitative estimate of drug-likeness (QED) is 0.702. The Morgan fingerprint density at radius 2 is 1.74 bits per heavy atom. The van der Waals surface area contributed by atoms with Crippen LogP contribution in [0.25, 0.3) is 0 Å². The Morgan fingerprint density at radius 1 is 1.04 bits per heavy atom.